The SMILES string of the molecule is C=CC(=O)N1CC(C)(Nc2ccc3ncnc(Nc4ccc(Cl)c(Cl)c4F)c3n2)C1. The molecule has 0 spiro atoms. The number of benzene rings is 1. The number of pyridine rings is 1. The first-order valence-corrected chi connectivity index (χ1v) is 9.77. The van der Waals surface area contributed by atoms with Crippen molar-refractivity contribution in [3.63, 3.8) is 0 Å². The zero-order valence-electron chi connectivity index (χ0n) is 15.9. The molecule has 0 bridgehead atoms. The largest absolute Gasteiger partial charge is 0.361 e. The van der Waals surface area contributed by atoms with Crippen LogP contribution in [-0.2, 0) is 4.79 Å². The van der Waals surface area contributed by atoms with Crippen LogP contribution in [0, 0.1) is 5.82 Å². The Morgan fingerprint density at radius 1 is 1.27 bits per heavy atom. The normalized spacial score (nSPS) is 14.9. The van der Waals surface area contributed by atoms with Crippen molar-refractivity contribution in [2.75, 3.05) is 23.7 Å². The zero-order valence-corrected chi connectivity index (χ0v) is 17.4. The van der Waals surface area contributed by atoms with E-state index in [1.807, 2.05) is 6.92 Å². The molecule has 1 aliphatic rings. The molecule has 1 saturated heterocycles. The van der Waals surface area contributed by atoms with Gasteiger partial charge in [0.15, 0.2) is 11.6 Å². The molecule has 3 aromatic rings. The lowest BCUT2D eigenvalue weighted by Gasteiger charge is -2.48. The number of rotatable bonds is 5. The number of nitrogens with one attached hydrogen (secondary N) is 2. The highest BCUT2D eigenvalue weighted by atomic mass is 35.5. The molecule has 7 nitrogen and oxygen atoms in total. The highest BCUT2D eigenvalue weighted by molar-refractivity contribution is 6.42. The third-order valence-corrected chi connectivity index (χ3v) is 5.55. The lowest BCUT2D eigenvalue weighted by Crippen LogP contribution is -2.65. The zero-order chi connectivity index (χ0) is 21.5. The van der Waals surface area contributed by atoms with Crippen LogP contribution in [0.15, 0.2) is 43.2 Å². The van der Waals surface area contributed by atoms with Crippen LogP contribution in [0.3, 0.4) is 0 Å². The van der Waals surface area contributed by atoms with Crippen LogP contribution in [0.4, 0.5) is 21.7 Å². The highest BCUT2D eigenvalue weighted by Crippen LogP contribution is 2.33. The van der Waals surface area contributed by atoms with Crippen molar-refractivity contribution in [1.82, 2.24) is 19.9 Å². The quantitative estimate of drug-likeness (QED) is 0.445. The molecular weight excluding hydrogens is 430 g/mol. The Kier molecular flexibility index (Phi) is 5.21. The number of nitrogens with zero attached hydrogens (tertiary/aromatic N) is 4. The monoisotopic (exact) mass is 446 g/mol. The Labute approximate surface area is 181 Å². The number of likely N-dealkylation sites (tertiary alicyclic amines) is 1. The van der Waals surface area contributed by atoms with Crippen LogP contribution < -0.4 is 10.6 Å². The molecule has 2 N–H and O–H groups in total. The first-order valence-electron chi connectivity index (χ1n) is 9.01. The van der Waals surface area contributed by atoms with E-state index < -0.39 is 5.82 Å². The van der Waals surface area contributed by atoms with Gasteiger partial charge in [-0.1, -0.05) is 29.8 Å². The van der Waals surface area contributed by atoms with Crippen molar-refractivity contribution in [3.8, 4) is 0 Å². The van der Waals surface area contributed by atoms with Gasteiger partial charge in [0.05, 0.1) is 26.8 Å². The van der Waals surface area contributed by atoms with E-state index >= 15 is 0 Å². The molecule has 0 saturated carbocycles. The van der Waals surface area contributed by atoms with Gasteiger partial charge in [0.2, 0.25) is 5.91 Å². The van der Waals surface area contributed by atoms with Gasteiger partial charge in [0.25, 0.3) is 0 Å². The van der Waals surface area contributed by atoms with Crippen molar-refractivity contribution in [1.29, 1.82) is 0 Å². The number of carbonyl (C=O) groups excluding carboxylic acids is 1. The number of hydrogen-bond donors (Lipinski definition) is 2. The van der Waals surface area contributed by atoms with Gasteiger partial charge in [0, 0.05) is 13.1 Å². The first-order chi connectivity index (χ1) is 14.3. The van der Waals surface area contributed by atoms with E-state index in [1.54, 1.807) is 17.0 Å². The molecule has 0 radical (unpaired) electrons. The Hall–Kier alpha value is -2.97. The third-order valence-electron chi connectivity index (χ3n) is 4.77. The summed E-state index contributed by atoms with van der Waals surface area (Å²) in [4.78, 5) is 26.4. The summed E-state index contributed by atoms with van der Waals surface area (Å²) in [7, 11) is 0. The van der Waals surface area contributed by atoms with Crippen molar-refractivity contribution in [2.45, 2.75) is 12.5 Å². The highest BCUT2D eigenvalue weighted by Gasteiger charge is 2.40. The predicted molar refractivity (Wildman–Crippen MR) is 116 cm³/mol. The van der Waals surface area contributed by atoms with Gasteiger partial charge in [0.1, 0.15) is 17.7 Å². The van der Waals surface area contributed by atoms with Crippen LogP contribution in [-0.4, -0.2) is 44.4 Å². The Morgan fingerprint density at radius 3 is 2.77 bits per heavy atom. The summed E-state index contributed by atoms with van der Waals surface area (Å²) in [6, 6.07) is 6.55. The molecule has 1 amide bonds. The number of anilines is 3. The second-order valence-electron chi connectivity index (χ2n) is 7.22. The van der Waals surface area contributed by atoms with Crippen LogP contribution in [0.1, 0.15) is 6.92 Å². The van der Waals surface area contributed by atoms with Crippen LogP contribution in [0.25, 0.3) is 11.0 Å². The van der Waals surface area contributed by atoms with Crippen molar-refractivity contribution < 1.29 is 9.18 Å². The van der Waals surface area contributed by atoms with Gasteiger partial charge in [-0.2, -0.15) is 0 Å². The first kappa shape index (κ1) is 20.3. The fourth-order valence-corrected chi connectivity index (χ4v) is 3.63. The minimum absolute atomic E-state index is 0.107. The minimum atomic E-state index is -0.681. The van der Waals surface area contributed by atoms with Gasteiger partial charge in [-0.05, 0) is 37.3 Å². The Morgan fingerprint density at radius 2 is 2.03 bits per heavy atom. The van der Waals surface area contributed by atoms with Gasteiger partial charge in [-0.25, -0.2) is 19.3 Å². The van der Waals surface area contributed by atoms with Crippen LogP contribution >= 0.6 is 23.2 Å². The molecule has 2 aromatic heterocycles. The fourth-order valence-electron chi connectivity index (χ4n) is 3.32. The summed E-state index contributed by atoms with van der Waals surface area (Å²) < 4.78 is 14.4. The predicted octanol–water partition coefficient (Wildman–Crippen LogP) is 4.41. The number of amides is 1. The average Bonchev–Trinajstić information content (AvgIpc) is 2.72. The topological polar surface area (TPSA) is 83.0 Å². The Balaban J connectivity index is 1.61. The molecular formula is C20H17Cl2FN6O. The molecule has 0 atom stereocenters. The molecule has 30 heavy (non-hydrogen) atoms. The van der Waals surface area contributed by atoms with Crippen molar-refractivity contribution in [2.24, 2.45) is 0 Å². The van der Waals surface area contributed by atoms with Gasteiger partial charge in [-0.15, -0.1) is 0 Å². The number of carbonyl (C=O) groups is 1. The van der Waals surface area contributed by atoms with E-state index in [0.717, 1.165) is 0 Å². The Bertz CT molecular complexity index is 1170. The summed E-state index contributed by atoms with van der Waals surface area (Å²) in [5.41, 5.74) is 0.836. The van der Waals surface area contributed by atoms with E-state index in [2.05, 4.69) is 32.2 Å². The summed E-state index contributed by atoms with van der Waals surface area (Å²) in [5, 5.41) is 6.19. The molecule has 154 valence electrons. The number of aromatic nitrogens is 3. The van der Waals surface area contributed by atoms with E-state index in [4.69, 9.17) is 23.2 Å². The average molecular weight is 447 g/mol. The fraction of sp³-hybridized carbons (Fsp3) is 0.200. The smallest absolute Gasteiger partial charge is 0.246 e. The maximum absolute atomic E-state index is 14.4. The summed E-state index contributed by atoms with van der Waals surface area (Å²) in [6.07, 6.45) is 2.66. The molecule has 1 fully saturated rings. The maximum atomic E-state index is 14.4. The molecule has 4 rings (SSSR count). The standard InChI is InChI=1S/C20H17Cl2FN6O/c1-3-15(30)29-8-20(2,9-29)28-14-7-6-13-18(27-14)19(25-10-24-13)26-12-5-4-11(21)16(22)17(12)23/h3-7,10H,1,8-9H2,2H3,(H,27,28)(H,24,25,26). The van der Waals surface area contributed by atoms with Gasteiger partial charge < -0.3 is 15.5 Å². The molecule has 0 unspecified atom stereocenters. The van der Waals surface area contributed by atoms with Crippen molar-refractivity contribution in [3.05, 3.63) is 59.1 Å². The summed E-state index contributed by atoms with van der Waals surface area (Å²) in [5.74, 6) is 0.120. The lowest BCUT2D eigenvalue weighted by molar-refractivity contribution is -0.132. The van der Waals surface area contributed by atoms with Gasteiger partial charge in [-0.3, -0.25) is 4.79 Å². The second-order valence-corrected chi connectivity index (χ2v) is 8.00. The molecule has 1 aromatic carbocycles. The molecule has 3 heterocycles. The summed E-state index contributed by atoms with van der Waals surface area (Å²) >= 11 is 11.7. The number of halogens is 3. The number of fused-ring (bicyclic) bond motifs is 1. The van der Waals surface area contributed by atoms with Gasteiger partial charge >= 0.3 is 0 Å². The molecule has 1 aliphatic heterocycles. The van der Waals surface area contributed by atoms with E-state index in [1.165, 1.54) is 24.5 Å². The van der Waals surface area contributed by atoms with Crippen molar-refractivity contribution >= 4 is 57.5 Å². The summed E-state index contributed by atoms with van der Waals surface area (Å²) in [6.45, 7) is 6.56. The molecule has 10 heteroatoms. The minimum Gasteiger partial charge on any atom is -0.361 e. The van der Waals surface area contributed by atoms with Crippen LogP contribution in [0.5, 0.6) is 0 Å². The molecule has 0 aliphatic carbocycles. The van der Waals surface area contributed by atoms with E-state index in [-0.39, 0.29) is 27.2 Å². The lowest BCUT2D eigenvalue weighted by atomic mass is 9.92. The van der Waals surface area contributed by atoms with E-state index in [9.17, 15) is 9.18 Å². The maximum Gasteiger partial charge on any atom is 0.246 e. The number of hydrogen-bond acceptors (Lipinski definition) is 6. The van der Waals surface area contributed by atoms with Crippen LogP contribution in [0.2, 0.25) is 10.0 Å². The third kappa shape index (κ3) is 3.76. The second kappa shape index (κ2) is 7.70. The van der Waals surface area contributed by atoms with E-state index in [0.29, 0.717) is 35.8 Å².